The third-order valence-corrected chi connectivity index (χ3v) is 3.21. The maximum Gasteiger partial charge on any atom is 0.323 e. The molecule has 0 aliphatic heterocycles. The van der Waals surface area contributed by atoms with Crippen LogP contribution in [0.5, 0.6) is 0 Å². The van der Waals surface area contributed by atoms with Crippen molar-refractivity contribution in [3.05, 3.63) is 56.8 Å². The van der Waals surface area contributed by atoms with Crippen molar-refractivity contribution in [2.45, 2.75) is 6.54 Å². The van der Waals surface area contributed by atoms with Gasteiger partial charge in [-0.25, -0.2) is 9.02 Å². The van der Waals surface area contributed by atoms with Crippen LogP contribution in [-0.4, -0.2) is 15.2 Å². The quantitative estimate of drug-likeness (QED) is 0.583. The molecule has 3 rings (SSSR count). The van der Waals surface area contributed by atoms with E-state index < -0.39 is 10.7 Å². The highest BCUT2D eigenvalue weighted by atomic mass is 35.5. The second-order valence-corrected chi connectivity index (χ2v) is 4.92. The summed E-state index contributed by atoms with van der Waals surface area (Å²) in [5.41, 5.74) is 0.867. The van der Waals surface area contributed by atoms with Gasteiger partial charge in [-0.2, -0.15) is 0 Å². The Balaban J connectivity index is 1.93. The molecule has 1 N–H and O–H groups in total. The van der Waals surface area contributed by atoms with Crippen molar-refractivity contribution >= 4 is 34.0 Å². The lowest BCUT2D eigenvalue weighted by Gasteiger charge is -2.07. The van der Waals surface area contributed by atoms with Crippen molar-refractivity contribution in [1.82, 2.24) is 10.3 Å². The number of halogens is 2. The van der Waals surface area contributed by atoms with E-state index in [0.29, 0.717) is 5.56 Å². The van der Waals surface area contributed by atoms with Gasteiger partial charge in [0.25, 0.3) is 0 Å². The number of nitro groups is 1. The van der Waals surface area contributed by atoms with Crippen LogP contribution in [0.25, 0.3) is 11.0 Å². The van der Waals surface area contributed by atoms with E-state index in [1.807, 2.05) is 0 Å². The fourth-order valence-electron chi connectivity index (χ4n) is 2.08. The Morgan fingerprint density at radius 3 is 2.86 bits per heavy atom. The van der Waals surface area contributed by atoms with Crippen LogP contribution in [0.2, 0.25) is 5.02 Å². The van der Waals surface area contributed by atoms with Crippen molar-refractivity contribution in [3.63, 3.8) is 0 Å². The first-order valence-corrected chi connectivity index (χ1v) is 6.51. The molecular weight excluding hydrogens is 315 g/mol. The first kappa shape index (κ1) is 14.2. The Hall–Kier alpha value is -2.74. The van der Waals surface area contributed by atoms with Gasteiger partial charge in [-0.3, -0.25) is 10.1 Å². The monoisotopic (exact) mass is 322 g/mol. The number of nitrogens with zero attached hydrogens (tertiary/aromatic N) is 3. The summed E-state index contributed by atoms with van der Waals surface area (Å²) in [6.07, 6.45) is 0. The Bertz CT molecular complexity index is 847. The largest absolute Gasteiger partial charge is 0.375 e. The smallest absolute Gasteiger partial charge is 0.323 e. The summed E-state index contributed by atoms with van der Waals surface area (Å²) in [6.45, 7) is 0.162. The molecule has 1 heterocycles. The van der Waals surface area contributed by atoms with Gasteiger partial charge < -0.3 is 5.32 Å². The topological polar surface area (TPSA) is 94.1 Å². The zero-order chi connectivity index (χ0) is 15.7. The number of hydrogen-bond acceptors (Lipinski definition) is 6. The highest BCUT2D eigenvalue weighted by Gasteiger charge is 2.22. The number of anilines is 1. The predicted octanol–water partition coefficient (Wildman–Crippen LogP) is 3.54. The van der Waals surface area contributed by atoms with E-state index in [4.69, 9.17) is 11.6 Å². The molecule has 22 heavy (non-hydrogen) atoms. The van der Waals surface area contributed by atoms with Gasteiger partial charge in [-0.05, 0) is 46.2 Å². The second-order valence-electron chi connectivity index (χ2n) is 4.48. The fraction of sp³-hybridized carbons (Fsp3) is 0.0769. The molecule has 0 aliphatic rings. The van der Waals surface area contributed by atoms with Crippen molar-refractivity contribution in [2.75, 3.05) is 5.32 Å². The van der Waals surface area contributed by atoms with Crippen LogP contribution in [0.1, 0.15) is 5.56 Å². The number of nitro benzene ring substituents is 1. The molecule has 0 bridgehead atoms. The third-order valence-electron chi connectivity index (χ3n) is 2.99. The highest BCUT2D eigenvalue weighted by molar-refractivity contribution is 6.30. The summed E-state index contributed by atoms with van der Waals surface area (Å²) in [7, 11) is 0. The van der Waals surface area contributed by atoms with Gasteiger partial charge >= 0.3 is 5.69 Å². The molecule has 0 fully saturated rings. The van der Waals surface area contributed by atoms with E-state index in [-0.39, 0.29) is 34.0 Å². The van der Waals surface area contributed by atoms with E-state index in [2.05, 4.69) is 20.3 Å². The first-order chi connectivity index (χ1) is 10.5. The molecule has 2 aromatic carbocycles. The molecule has 112 valence electrons. The van der Waals surface area contributed by atoms with Crippen LogP contribution >= 0.6 is 11.6 Å². The predicted molar refractivity (Wildman–Crippen MR) is 77.2 cm³/mol. The Morgan fingerprint density at radius 1 is 1.32 bits per heavy atom. The van der Waals surface area contributed by atoms with Gasteiger partial charge in [0.15, 0.2) is 0 Å². The maximum absolute atomic E-state index is 13.3. The lowest BCUT2D eigenvalue weighted by molar-refractivity contribution is -0.382. The third kappa shape index (κ3) is 2.68. The Morgan fingerprint density at radius 2 is 2.14 bits per heavy atom. The summed E-state index contributed by atoms with van der Waals surface area (Å²) in [4.78, 5) is 10.7. The molecule has 0 spiro atoms. The zero-order valence-electron chi connectivity index (χ0n) is 10.9. The van der Waals surface area contributed by atoms with Gasteiger partial charge in [-0.15, -0.1) is 0 Å². The summed E-state index contributed by atoms with van der Waals surface area (Å²) >= 11 is 5.77. The molecule has 0 aliphatic carbocycles. The Kier molecular flexibility index (Phi) is 3.60. The average Bonchev–Trinajstić information content (AvgIpc) is 2.91. The minimum atomic E-state index is -0.576. The summed E-state index contributed by atoms with van der Waals surface area (Å²) in [5.74, 6) is -0.477. The Labute approximate surface area is 127 Å². The molecule has 3 aromatic rings. The van der Waals surface area contributed by atoms with Crippen LogP contribution < -0.4 is 5.32 Å². The second kappa shape index (κ2) is 5.57. The number of nitrogens with one attached hydrogen (secondary N) is 1. The van der Waals surface area contributed by atoms with E-state index in [9.17, 15) is 14.5 Å². The lowest BCUT2D eigenvalue weighted by atomic mass is 10.2. The van der Waals surface area contributed by atoms with Crippen LogP contribution in [0.3, 0.4) is 0 Å². The number of hydrogen-bond donors (Lipinski definition) is 1. The van der Waals surface area contributed by atoms with Gasteiger partial charge in [0.2, 0.25) is 5.52 Å². The number of aromatic nitrogens is 2. The normalized spacial score (nSPS) is 10.8. The standard InChI is InChI=1S/C13H8ClFN4O3/c14-8-3-7(4-9(15)5-8)6-16-11-2-1-10-12(18-22-17-10)13(11)19(20)21/h1-5,16H,6H2. The molecule has 0 saturated carbocycles. The molecule has 0 atom stereocenters. The van der Waals surface area contributed by atoms with Crippen molar-refractivity contribution in [3.8, 4) is 0 Å². The zero-order valence-corrected chi connectivity index (χ0v) is 11.7. The van der Waals surface area contributed by atoms with Crippen LogP contribution in [0.15, 0.2) is 35.0 Å². The molecule has 1 aromatic heterocycles. The van der Waals surface area contributed by atoms with E-state index >= 15 is 0 Å². The van der Waals surface area contributed by atoms with E-state index in [1.165, 1.54) is 18.2 Å². The maximum atomic E-state index is 13.3. The molecule has 0 saturated heterocycles. The van der Waals surface area contributed by atoms with Crippen molar-refractivity contribution < 1.29 is 13.9 Å². The van der Waals surface area contributed by atoms with Gasteiger partial charge in [0.05, 0.1) is 4.92 Å². The SMILES string of the molecule is O=[N+]([O-])c1c(NCc2cc(F)cc(Cl)c2)ccc2nonc12. The van der Waals surface area contributed by atoms with Gasteiger partial charge in [0.1, 0.15) is 17.0 Å². The van der Waals surface area contributed by atoms with E-state index in [0.717, 1.165) is 0 Å². The van der Waals surface area contributed by atoms with Crippen molar-refractivity contribution in [1.29, 1.82) is 0 Å². The van der Waals surface area contributed by atoms with Crippen LogP contribution in [-0.2, 0) is 6.54 Å². The number of benzene rings is 2. The molecule has 0 amide bonds. The highest BCUT2D eigenvalue weighted by Crippen LogP contribution is 2.31. The molecule has 0 unspecified atom stereocenters. The summed E-state index contributed by atoms with van der Waals surface area (Å²) in [5, 5.41) is 21.4. The number of rotatable bonds is 4. The molecule has 0 radical (unpaired) electrons. The minimum Gasteiger partial charge on any atom is -0.375 e. The van der Waals surface area contributed by atoms with Crippen LogP contribution in [0, 0.1) is 15.9 Å². The minimum absolute atomic E-state index is 0.0484. The summed E-state index contributed by atoms with van der Waals surface area (Å²) < 4.78 is 17.8. The van der Waals surface area contributed by atoms with Gasteiger partial charge in [0, 0.05) is 11.6 Å². The molecular formula is C13H8ClFN4O3. The van der Waals surface area contributed by atoms with Gasteiger partial charge in [-0.1, -0.05) is 11.6 Å². The van der Waals surface area contributed by atoms with E-state index in [1.54, 1.807) is 12.1 Å². The van der Waals surface area contributed by atoms with Crippen LogP contribution in [0.4, 0.5) is 15.8 Å². The summed E-state index contributed by atoms with van der Waals surface area (Å²) in [6, 6.07) is 7.08. The fourth-order valence-corrected chi connectivity index (χ4v) is 2.32. The first-order valence-electron chi connectivity index (χ1n) is 6.13. The number of fused-ring (bicyclic) bond motifs is 1. The average molecular weight is 323 g/mol. The van der Waals surface area contributed by atoms with Crippen molar-refractivity contribution in [2.24, 2.45) is 0 Å². The molecule has 9 heteroatoms. The lowest BCUT2D eigenvalue weighted by Crippen LogP contribution is -2.03. The molecule has 7 nitrogen and oxygen atoms in total.